The van der Waals surface area contributed by atoms with E-state index in [-0.39, 0.29) is 17.5 Å². The summed E-state index contributed by atoms with van der Waals surface area (Å²) >= 11 is 0. The molecule has 0 aliphatic carbocycles. The minimum Gasteiger partial charge on any atom is -0.496 e. The van der Waals surface area contributed by atoms with Gasteiger partial charge < -0.3 is 15.0 Å². The number of amides is 2. The van der Waals surface area contributed by atoms with E-state index in [1.807, 2.05) is 29.2 Å². The predicted octanol–water partition coefficient (Wildman–Crippen LogP) is 4.46. The molecule has 0 atom stereocenters. The molecule has 2 amide bonds. The van der Waals surface area contributed by atoms with Gasteiger partial charge in [-0.05, 0) is 61.2 Å². The quantitative estimate of drug-likeness (QED) is 0.451. The molecular weight excluding hydrogens is 442 g/mol. The van der Waals surface area contributed by atoms with Crippen molar-refractivity contribution >= 4 is 23.1 Å². The first-order valence-corrected chi connectivity index (χ1v) is 11.8. The van der Waals surface area contributed by atoms with E-state index >= 15 is 0 Å². The van der Waals surface area contributed by atoms with Gasteiger partial charge in [0.1, 0.15) is 5.75 Å². The fourth-order valence-corrected chi connectivity index (χ4v) is 4.41. The lowest BCUT2D eigenvalue weighted by atomic mass is 10.1. The summed E-state index contributed by atoms with van der Waals surface area (Å²) in [7, 11) is 1.66. The van der Waals surface area contributed by atoms with Gasteiger partial charge in [0.25, 0.3) is 11.8 Å². The van der Waals surface area contributed by atoms with Crippen molar-refractivity contribution in [3.05, 3.63) is 77.6 Å². The van der Waals surface area contributed by atoms with Gasteiger partial charge in [-0.3, -0.25) is 9.59 Å². The smallest absolute Gasteiger partial charge is 0.276 e. The number of hydrogen-bond donors (Lipinski definition) is 1. The molecule has 1 saturated heterocycles. The molecule has 0 saturated carbocycles. The minimum absolute atomic E-state index is 0.0305. The van der Waals surface area contributed by atoms with E-state index in [0.29, 0.717) is 16.9 Å². The monoisotopic (exact) mass is 469 g/mol. The van der Waals surface area contributed by atoms with Gasteiger partial charge in [-0.15, -0.1) is 0 Å². The summed E-state index contributed by atoms with van der Waals surface area (Å²) in [6.07, 6.45) is 4.67. The maximum Gasteiger partial charge on any atom is 0.276 e. The topological polar surface area (TPSA) is 88.8 Å². The number of anilines is 1. The summed E-state index contributed by atoms with van der Waals surface area (Å²) in [6.45, 7) is 3.69. The Balaban J connectivity index is 1.37. The molecule has 1 fully saturated rings. The zero-order valence-electron chi connectivity index (χ0n) is 19.8. The molecule has 0 bridgehead atoms. The first-order valence-electron chi connectivity index (χ1n) is 11.8. The molecule has 3 heterocycles. The second kappa shape index (κ2) is 9.58. The van der Waals surface area contributed by atoms with Crippen LogP contribution in [0.2, 0.25) is 0 Å². The first-order chi connectivity index (χ1) is 17.1. The van der Waals surface area contributed by atoms with Crippen molar-refractivity contribution in [2.24, 2.45) is 0 Å². The number of benzene rings is 2. The second-order valence-corrected chi connectivity index (χ2v) is 8.54. The molecule has 1 aliphatic heterocycles. The van der Waals surface area contributed by atoms with Crippen molar-refractivity contribution in [1.82, 2.24) is 19.5 Å². The summed E-state index contributed by atoms with van der Waals surface area (Å²) in [6, 6.07) is 16.5. The highest BCUT2D eigenvalue weighted by atomic mass is 16.5. The highest BCUT2D eigenvalue weighted by Crippen LogP contribution is 2.28. The lowest BCUT2D eigenvalue weighted by molar-refractivity contribution is 0.0792. The van der Waals surface area contributed by atoms with Crippen LogP contribution < -0.4 is 10.1 Å². The summed E-state index contributed by atoms with van der Waals surface area (Å²) < 4.78 is 7.20. The lowest BCUT2D eigenvalue weighted by Gasteiger charge is -2.15. The maximum absolute atomic E-state index is 12.9. The number of ether oxygens (including phenoxy) is 1. The van der Waals surface area contributed by atoms with Gasteiger partial charge in [0, 0.05) is 42.2 Å². The Kier molecular flexibility index (Phi) is 6.18. The van der Waals surface area contributed by atoms with Crippen LogP contribution >= 0.6 is 0 Å². The predicted molar refractivity (Wildman–Crippen MR) is 134 cm³/mol. The van der Waals surface area contributed by atoms with Crippen LogP contribution in [0.15, 0.2) is 60.8 Å². The molecule has 1 N–H and O–H groups in total. The third kappa shape index (κ3) is 4.47. The van der Waals surface area contributed by atoms with Gasteiger partial charge in [0.05, 0.1) is 12.8 Å². The third-order valence-corrected chi connectivity index (χ3v) is 6.34. The van der Waals surface area contributed by atoms with Crippen molar-refractivity contribution in [2.45, 2.75) is 26.2 Å². The van der Waals surface area contributed by atoms with Crippen LogP contribution in [0.3, 0.4) is 0 Å². The van der Waals surface area contributed by atoms with Gasteiger partial charge in [0.2, 0.25) is 0 Å². The molecule has 8 nitrogen and oxygen atoms in total. The first kappa shape index (κ1) is 22.6. The number of rotatable bonds is 6. The largest absolute Gasteiger partial charge is 0.496 e. The maximum atomic E-state index is 12.9. The Hall–Kier alpha value is -4.20. The Morgan fingerprint density at radius 1 is 1.03 bits per heavy atom. The van der Waals surface area contributed by atoms with Crippen LogP contribution in [0.1, 0.15) is 46.2 Å². The zero-order chi connectivity index (χ0) is 24.4. The van der Waals surface area contributed by atoms with Crippen LogP contribution in [-0.2, 0) is 6.42 Å². The van der Waals surface area contributed by atoms with Crippen molar-refractivity contribution < 1.29 is 14.3 Å². The highest BCUT2D eigenvalue weighted by Gasteiger charge is 2.20. The van der Waals surface area contributed by atoms with Gasteiger partial charge in [0.15, 0.2) is 11.3 Å². The minimum atomic E-state index is -0.348. The van der Waals surface area contributed by atoms with Crippen molar-refractivity contribution in [2.75, 3.05) is 25.5 Å². The molecule has 0 unspecified atom stereocenters. The highest BCUT2D eigenvalue weighted by molar-refractivity contribution is 6.04. The van der Waals surface area contributed by atoms with Crippen molar-refractivity contribution in [3.63, 3.8) is 0 Å². The molecule has 0 spiro atoms. The number of aromatic nitrogens is 3. The van der Waals surface area contributed by atoms with Gasteiger partial charge >= 0.3 is 0 Å². The van der Waals surface area contributed by atoms with Crippen molar-refractivity contribution in [3.8, 4) is 17.0 Å². The number of hydrogen-bond acceptors (Lipinski definition) is 5. The van der Waals surface area contributed by atoms with E-state index in [2.05, 4.69) is 22.3 Å². The molecule has 2 aromatic carbocycles. The fourth-order valence-electron chi connectivity index (χ4n) is 4.41. The van der Waals surface area contributed by atoms with E-state index in [1.54, 1.807) is 48.2 Å². The standard InChI is InChI=1S/C27H27N5O3/c1-3-18-6-7-20(16-24(18)35-2)23-12-13-28-25-17-22(30-32(23)25)26(33)29-21-10-8-19(9-11-21)27(34)31-14-4-5-15-31/h6-13,16-17H,3-5,14-15H2,1-2H3,(H,29,33). The molecule has 178 valence electrons. The Labute approximate surface area is 203 Å². The SMILES string of the molecule is CCc1ccc(-c2ccnc3cc(C(=O)Nc4ccc(C(=O)N5CCCC5)cc4)nn23)cc1OC. The van der Waals surface area contributed by atoms with Crippen LogP contribution in [0.4, 0.5) is 5.69 Å². The zero-order valence-corrected chi connectivity index (χ0v) is 19.8. The number of nitrogens with zero attached hydrogens (tertiary/aromatic N) is 4. The molecule has 35 heavy (non-hydrogen) atoms. The van der Waals surface area contributed by atoms with Crippen LogP contribution in [0, 0.1) is 0 Å². The van der Waals surface area contributed by atoms with E-state index < -0.39 is 0 Å². The number of aryl methyl sites for hydroxylation is 1. The molecular formula is C27H27N5O3. The number of fused-ring (bicyclic) bond motifs is 1. The second-order valence-electron chi connectivity index (χ2n) is 8.54. The van der Waals surface area contributed by atoms with Crippen molar-refractivity contribution in [1.29, 1.82) is 0 Å². The van der Waals surface area contributed by atoms with E-state index in [0.717, 1.165) is 54.9 Å². The molecule has 0 radical (unpaired) electrons. The third-order valence-electron chi connectivity index (χ3n) is 6.34. The Morgan fingerprint density at radius 2 is 1.80 bits per heavy atom. The Bertz CT molecular complexity index is 1390. The van der Waals surface area contributed by atoms with Crippen LogP contribution in [0.5, 0.6) is 5.75 Å². The molecule has 8 heteroatoms. The fraction of sp³-hybridized carbons (Fsp3) is 0.259. The summed E-state index contributed by atoms with van der Waals surface area (Å²) in [4.78, 5) is 31.7. The number of methoxy groups -OCH3 is 1. The van der Waals surface area contributed by atoms with Gasteiger partial charge in [-0.1, -0.05) is 19.1 Å². The molecule has 4 aromatic rings. The average molecular weight is 470 g/mol. The average Bonchev–Trinajstić information content (AvgIpc) is 3.58. The van der Waals surface area contributed by atoms with Crippen LogP contribution in [0.25, 0.3) is 16.9 Å². The van der Waals surface area contributed by atoms with E-state index in [1.165, 1.54) is 0 Å². The molecule has 2 aromatic heterocycles. The number of nitrogens with one attached hydrogen (secondary N) is 1. The normalized spacial score (nSPS) is 13.3. The molecule has 1 aliphatic rings. The summed E-state index contributed by atoms with van der Waals surface area (Å²) in [5.74, 6) is 0.494. The summed E-state index contributed by atoms with van der Waals surface area (Å²) in [5.41, 5.74) is 4.88. The summed E-state index contributed by atoms with van der Waals surface area (Å²) in [5, 5.41) is 7.38. The lowest BCUT2D eigenvalue weighted by Crippen LogP contribution is -2.27. The van der Waals surface area contributed by atoms with Crippen LogP contribution in [-0.4, -0.2) is 51.5 Å². The van der Waals surface area contributed by atoms with E-state index in [9.17, 15) is 9.59 Å². The number of likely N-dealkylation sites (tertiary alicyclic amines) is 1. The van der Waals surface area contributed by atoms with E-state index in [4.69, 9.17) is 4.74 Å². The number of carbonyl (C=O) groups is 2. The number of carbonyl (C=O) groups excluding carboxylic acids is 2. The van der Waals surface area contributed by atoms with Gasteiger partial charge in [-0.2, -0.15) is 5.10 Å². The Morgan fingerprint density at radius 3 is 2.51 bits per heavy atom. The molecule has 5 rings (SSSR count). The van der Waals surface area contributed by atoms with Gasteiger partial charge in [-0.25, -0.2) is 9.50 Å².